The quantitative estimate of drug-likeness (QED) is 0.421. The highest BCUT2D eigenvalue weighted by molar-refractivity contribution is 6.01. The van der Waals surface area contributed by atoms with Crippen LogP contribution in [-0.2, 0) is 19.1 Å². The Labute approximate surface area is 168 Å². The SMILES string of the molecule is CCC(=O)Oc1cc2ccc(C(=O)OC(=O)C(C)(C)C)cc2cc1OC(=O)CC. The topological polar surface area (TPSA) is 96.0 Å². The fraction of sp³-hybridized carbons (Fsp3) is 0.364. The maximum absolute atomic E-state index is 12.3. The lowest BCUT2D eigenvalue weighted by atomic mass is 9.97. The molecule has 154 valence electrons. The Morgan fingerprint density at radius 2 is 1.31 bits per heavy atom. The van der Waals surface area contributed by atoms with Gasteiger partial charge < -0.3 is 14.2 Å². The molecular formula is C22H24O7. The van der Waals surface area contributed by atoms with Crippen molar-refractivity contribution < 1.29 is 33.4 Å². The number of carbonyl (C=O) groups is 4. The summed E-state index contributed by atoms with van der Waals surface area (Å²) in [6.07, 6.45) is 0.298. The summed E-state index contributed by atoms with van der Waals surface area (Å²) in [5.41, 5.74) is -0.646. The standard InChI is InChI=1S/C22H24O7/c1-6-18(23)27-16-11-13-8-9-14(20(25)29-21(26)22(3,4)5)10-15(13)12-17(16)28-19(24)7-2/h8-12H,6-7H2,1-5H3. The Bertz CT molecular complexity index is 967. The summed E-state index contributed by atoms with van der Waals surface area (Å²) in [5.74, 6) is -2.20. The summed E-state index contributed by atoms with van der Waals surface area (Å²) in [6.45, 7) is 8.24. The molecule has 0 bridgehead atoms. The van der Waals surface area contributed by atoms with Gasteiger partial charge in [0, 0.05) is 12.8 Å². The van der Waals surface area contributed by atoms with Crippen molar-refractivity contribution >= 4 is 34.6 Å². The highest BCUT2D eigenvalue weighted by atomic mass is 16.6. The van der Waals surface area contributed by atoms with Crippen LogP contribution in [0.5, 0.6) is 11.5 Å². The molecule has 2 rings (SSSR count). The average molecular weight is 400 g/mol. The lowest BCUT2D eigenvalue weighted by Gasteiger charge is -2.15. The van der Waals surface area contributed by atoms with E-state index in [0.29, 0.717) is 10.8 Å². The molecule has 0 N–H and O–H groups in total. The minimum Gasteiger partial charge on any atom is -0.422 e. The third kappa shape index (κ3) is 5.63. The zero-order chi connectivity index (χ0) is 21.8. The molecule has 0 saturated heterocycles. The summed E-state index contributed by atoms with van der Waals surface area (Å²) >= 11 is 0. The van der Waals surface area contributed by atoms with E-state index in [4.69, 9.17) is 14.2 Å². The van der Waals surface area contributed by atoms with E-state index < -0.39 is 29.3 Å². The van der Waals surface area contributed by atoms with E-state index in [1.807, 2.05) is 0 Å². The van der Waals surface area contributed by atoms with Crippen molar-refractivity contribution in [3.63, 3.8) is 0 Å². The van der Waals surface area contributed by atoms with E-state index >= 15 is 0 Å². The first kappa shape index (κ1) is 22.1. The molecule has 0 aliphatic carbocycles. The molecule has 7 heteroatoms. The van der Waals surface area contributed by atoms with Gasteiger partial charge in [0.15, 0.2) is 11.5 Å². The van der Waals surface area contributed by atoms with Crippen LogP contribution in [0.4, 0.5) is 0 Å². The second kappa shape index (κ2) is 8.86. The molecule has 0 spiro atoms. The van der Waals surface area contributed by atoms with E-state index in [0.717, 1.165) is 0 Å². The van der Waals surface area contributed by atoms with Gasteiger partial charge in [0.05, 0.1) is 11.0 Å². The van der Waals surface area contributed by atoms with Crippen LogP contribution >= 0.6 is 0 Å². The molecule has 0 atom stereocenters. The number of ether oxygens (including phenoxy) is 3. The molecule has 0 aliphatic heterocycles. The molecule has 0 saturated carbocycles. The van der Waals surface area contributed by atoms with Crippen molar-refractivity contribution in [2.45, 2.75) is 47.5 Å². The van der Waals surface area contributed by atoms with Crippen LogP contribution in [0.2, 0.25) is 0 Å². The minimum absolute atomic E-state index is 0.0717. The Kier molecular flexibility index (Phi) is 6.74. The normalized spacial score (nSPS) is 11.1. The Balaban J connectivity index is 2.43. The van der Waals surface area contributed by atoms with E-state index in [2.05, 4.69) is 0 Å². The Morgan fingerprint density at radius 1 is 0.793 bits per heavy atom. The van der Waals surface area contributed by atoms with Gasteiger partial charge in [-0.05, 0) is 55.8 Å². The molecule has 0 unspecified atom stereocenters. The fourth-order valence-corrected chi connectivity index (χ4v) is 2.23. The van der Waals surface area contributed by atoms with Crippen LogP contribution in [0, 0.1) is 5.41 Å². The fourth-order valence-electron chi connectivity index (χ4n) is 2.23. The van der Waals surface area contributed by atoms with Crippen LogP contribution < -0.4 is 9.47 Å². The number of fused-ring (bicyclic) bond motifs is 1. The zero-order valence-corrected chi connectivity index (χ0v) is 17.2. The van der Waals surface area contributed by atoms with Crippen LogP contribution in [0.1, 0.15) is 57.8 Å². The first-order chi connectivity index (χ1) is 13.5. The molecule has 0 radical (unpaired) electrons. The van der Waals surface area contributed by atoms with E-state index in [-0.39, 0.29) is 29.9 Å². The zero-order valence-electron chi connectivity index (χ0n) is 17.2. The van der Waals surface area contributed by atoms with Gasteiger partial charge in [-0.3, -0.25) is 14.4 Å². The summed E-state index contributed by atoms with van der Waals surface area (Å²) in [4.78, 5) is 47.7. The van der Waals surface area contributed by atoms with Gasteiger partial charge in [-0.2, -0.15) is 0 Å². The first-order valence-corrected chi connectivity index (χ1v) is 9.31. The van der Waals surface area contributed by atoms with Gasteiger partial charge in [-0.25, -0.2) is 4.79 Å². The third-order valence-corrected chi connectivity index (χ3v) is 3.96. The second-order valence-corrected chi connectivity index (χ2v) is 7.44. The lowest BCUT2D eigenvalue weighted by molar-refractivity contribution is -0.146. The number of carbonyl (C=O) groups excluding carboxylic acids is 4. The monoisotopic (exact) mass is 400 g/mol. The first-order valence-electron chi connectivity index (χ1n) is 9.31. The summed E-state index contributed by atoms with van der Waals surface area (Å²) in [7, 11) is 0. The molecule has 0 heterocycles. The molecular weight excluding hydrogens is 376 g/mol. The van der Waals surface area contributed by atoms with E-state index in [1.165, 1.54) is 18.2 Å². The summed E-state index contributed by atoms with van der Waals surface area (Å²) < 4.78 is 15.5. The van der Waals surface area contributed by atoms with Crippen molar-refractivity contribution in [1.29, 1.82) is 0 Å². The lowest BCUT2D eigenvalue weighted by Crippen LogP contribution is -2.25. The van der Waals surface area contributed by atoms with Crippen LogP contribution in [0.25, 0.3) is 10.8 Å². The van der Waals surface area contributed by atoms with Gasteiger partial charge in [-0.15, -0.1) is 0 Å². The van der Waals surface area contributed by atoms with Gasteiger partial charge in [0.25, 0.3) is 0 Å². The van der Waals surface area contributed by atoms with Crippen LogP contribution in [0.3, 0.4) is 0 Å². The molecule has 7 nitrogen and oxygen atoms in total. The van der Waals surface area contributed by atoms with Gasteiger partial charge >= 0.3 is 23.9 Å². The van der Waals surface area contributed by atoms with Crippen LogP contribution in [0.15, 0.2) is 30.3 Å². The molecule has 0 aliphatic rings. The van der Waals surface area contributed by atoms with Crippen molar-refractivity contribution in [2.75, 3.05) is 0 Å². The van der Waals surface area contributed by atoms with Gasteiger partial charge in [0.1, 0.15) is 0 Å². The predicted molar refractivity (Wildman–Crippen MR) is 106 cm³/mol. The number of rotatable bonds is 5. The maximum atomic E-state index is 12.3. The molecule has 2 aromatic carbocycles. The highest BCUT2D eigenvalue weighted by Gasteiger charge is 2.26. The highest BCUT2D eigenvalue weighted by Crippen LogP contribution is 2.34. The predicted octanol–water partition coefficient (Wildman–Crippen LogP) is 4.20. The number of hydrogen-bond donors (Lipinski definition) is 0. The Morgan fingerprint density at radius 3 is 1.79 bits per heavy atom. The number of hydrogen-bond acceptors (Lipinski definition) is 7. The Hall–Kier alpha value is -3.22. The average Bonchev–Trinajstić information content (AvgIpc) is 2.66. The molecule has 2 aromatic rings. The molecule has 0 amide bonds. The third-order valence-electron chi connectivity index (χ3n) is 3.96. The van der Waals surface area contributed by atoms with E-state index in [1.54, 1.807) is 46.8 Å². The largest absolute Gasteiger partial charge is 0.422 e. The molecule has 29 heavy (non-hydrogen) atoms. The van der Waals surface area contributed by atoms with Gasteiger partial charge in [0.2, 0.25) is 0 Å². The van der Waals surface area contributed by atoms with Crippen molar-refractivity contribution in [2.24, 2.45) is 5.41 Å². The maximum Gasteiger partial charge on any atom is 0.345 e. The molecule has 0 aromatic heterocycles. The number of esters is 4. The smallest absolute Gasteiger partial charge is 0.345 e. The van der Waals surface area contributed by atoms with Crippen LogP contribution in [-0.4, -0.2) is 23.9 Å². The van der Waals surface area contributed by atoms with Gasteiger partial charge in [-0.1, -0.05) is 19.9 Å². The summed E-state index contributed by atoms with van der Waals surface area (Å²) in [6, 6.07) is 7.70. The summed E-state index contributed by atoms with van der Waals surface area (Å²) in [5, 5.41) is 1.21. The van der Waals surface area contributed by atoms with Crippen molar-refractivity contribution in [3.8, 4) is 11.5 Å². The molecule has 0 fully saturated rings. The second-order valence-electron chi connectivity index (χ2n) is 7.44. The van der Waals surface area contributed by atoms with E-state index in [9.17, 15) is 19.2 Å². The minimum atomic E-state index is -0.813. The number of benzene rings is 2. The van der Waals surface area contributed by atoms with Crippen molar-refractivity contribution in [1.82, 2.24) is 0 Å². The van der Waals surface area contributed by atoms with Crippen molar-refractivity contribution in [3.05, 3.63) is 35.9 Å².